The minimum Gasteiger partial charge on any atom is -0.480 e. The lowest BCUT2D eigenvalue weighted by Crippen LogP contribution is -2.44. The van der Waals surface area contributed by atoms with Crippen molar-refractivity contribution in [2.75, 3.05) is 0 Å². The summed E-state index contributed by atoms with van der Waals surface area (Å²) in [6, 6.07) is 12.9. The predicted molar refractivity (Wildman–Crippen MR) is 91.5 cm³/mol. The van der Waals surface area contributed by atoms with Crippen LogP contribution in [0.5, 0.6) is 5.75 Å². The molecule has 26 heavy (non-hydrogen) atoms. The number of benzene rings is 2. The number of hydrogen-bond acceptors (Lipinski definition) is 3. The van der Waals surface area contributed by atoms with E-state index in [1.165, 1.54) is 12.1 Å². The van der Waals surface area contributed by atoms with Crippen molar-refractivity contribution in [3.05, 3.63) is 65.4 Å². The first kappa shape index (κ1) is 16.5. The van der Waals surface area contributed by atoms with Crippen molar-refractivity contribution in [1.29, 1.82) is 0 Å². The fourth-order valence-electron chi connectivity index (χ4n) is 3.50. The minimum absolute atomic E-state index is 0.0613. The number of alkyl halides is 2. The number of aliphatic carboxylic acids is 1. The number of halogens is 2. The third kappa shape index (κ3) is 2.90. The van der Waals surface area contributed by atoms with Crippen LogP contribution in [-0.4, -0.2) is 28.7 Å². The minimum atomic E-state index is -2.88. The molecule has 1 aliphatic heterocycles. The molecule has 0 amide bonds. The molecule has 4 rings (SSSR count). The first-order chi connectivity index (χ1) is 12.5. The van der Waals surface area contributed by atoms with E-state index in [0.29, 0.717) is 6.42 Å². The van der Waals surface area contributed by atoms with E-state index in [1.54, 1.807) is 12.1 Å². The first-order valence-electron chi connectivity index (χ1n) is 8.16. The van der Waals surface area contributed by atoms with Crippen molar-refractivity contribution in [1.82, 2.24) is 10.3 Å². The van der Waals surface area contributed by atoms with Crippen LogP contribution in [0, 0.1) is 0 Å². The van der Waals surface area contributed by atoms with Crippen LogP contribution in [0.4, 0.5) is 8.78 Å². The van der Waals surface area contributed by atoms with Gasteiger partial charge in [-0.3, -0.25) is 10.1 Å². The summed E-state index contributed by atoms with van der Waals surface area (Å²) < 4.78 is 29.0. The van der Waals surface area contributed by atoms with E-state index in [-0.39, 0.29) is 11.8 Å². The standard InChI is InChI=1S/C19H16F2N2O3/c20-19(21)26-11-7-5-10(6-8-11)16-17-13(9-15(23-16)18(24)25)12-3-1-2-4-14(12)22-17/h1-8,15-16,19,22-23H,9H2,(H,24,25)/t15-,16+/m1/s1. The largest absolute Gasteiger partial charge is 0.480 e. The molecule has 0 saturated carbocycles. The van der Waals surface area contributed by atoms with Gasteiger partial charge in [0.05, 0.1) is 6.04 Å². The Morgan fingerprint density at radius 3 is 2.58 bits per heavy atom. The van der Waals surface area contributed by atoms with Crippen LogP contribution in [0.2, 0.25) is 0 Å². The highest BCUT2D eigenvalue weighted by molar-refractivity contribution is 5.87. The van der Waals surface area contributed by atoms with Crippen LogP contribution >= 0.6 is 0 Å². The molecule has 3 N–H and O–H groups in total. The lowest BCUT2D eigenvalue weighted by molar-refractivity contribution is -0.139. The Kier molecular flexibility index (Phi) is 4.08. The van der Waals surface area contributed by atoms with Gasteiger partial charge < -0.3 is 14.8 Å². The van der Waals surface area contributed by atoms with Gasteiger partial charge in [0.2, 0.25) is 0 Å². The highest BCUT2D eigenvalue weighted by Crippen LogP contribution is 2.35. The Balaban J connectivity index is 1.77. The first-order valence-corrected chi connectivity index (χ1v) is 8.16. The molecule has 0 saturated heterocycles. The van der Waals surface area contributed by atoms with Gasteiger partial charge in [0, 0.05) is 23.0 Å². The maximum Gasteiger partial charge on any atom is 0.387 e. The SMILES string of the molecule is O=C(O)[C@H]1Cc2c([nH]c3ccccc23)[C@H](c2ccc(OC(F)F)cc2)N1. The molecule has 0 aliphatic carbocycles. The number of aromatic nitrogens is 1. The summed E-state index contributed by atoms with van der Waals surface area (Å²) in [7, 11) is 0. The third-order valence-corrected chi connectivity index (χ3v) is 4.65. The number of fused-ring (bicyclic) bond motifs is 3. The lowest BCUT2D eigenvalue weighted by Gasteiger charge is -2.29. The Morgan fingerprint density at radius 1 is 1.15 bits per heavy atom. The molecule has 0 spiro atoms. The van der Waals surface area contributed by atoms with Crippen molar-refractivity contribution in [2.45, 2.75) is 25.1 Å². The number of carboxylic acid groups (broad SMARTS) is 1. The molecule has 2 aromatic carbocycles. The summed E-state index contributed by atoms with van der Waals surface area (Å²) in [6.07, 6.45) is 0.373. The fourth-order valence-corrected chi connectivity index (χ4v) is 3.50. The second kappa shape index (κ2) is 6.42. The van der Waals surface area contributed by atoms with E-state index in [4.69, 9.17) is 0 Å². The topological polar surface area (TPSA) is 74.3 Å². The van der Waals surface area contributed by atoms with Crippen molar-refractivity contribution < 1.29 is 23.4 Å². The zero-order chi connectivity index (χ0) is 18.3. The second-order valence-corrected chi connectivity index (χ2v) is 6.20. The van der Waals surface area contributed by atoms with Gasteiger partial charge >= 0.3 is 12.6 Å². The summed E-state index contributed by atoms with van der Waals surface area (Å²) in [5.74, 6) is -0.866. The summed E-state index contributed by atoms with van der Waals surface area (Å²) in [5.41, 5.74) is 3.56. The maximum atomic E-state index is 12.3. The van der Waals surface area contributed by atoms with Gasteiger partial charge in [0.25, 0.3) is 0 Å². The highest BCUT2D eigenvalue weighted by Gasteiger charge is 2.33. The molecule has 3 aromatic rings. The molecule has 7 heteroatoms. The molecular formula is C19H16F2N2O3. The molecule has 2 atom stereocenters. The van der Waals surface area contributed by atoms with Crippen molar-refractivity contribution in [2.24, 2.45) is 0 Å². The van der Waals surface area contributed by atoms with Crippen LogP contribution < -0.4 is 10.1 Å². The number of carbonyl (C=O) groups is 1. The van der Waals surface area contributed by atoms with Crippen LogP contribution in [0.3, 0.4) is 0 Å². The van der Waals surface area contributed by atoms with Crippen molar-refractivity contribution >= 4 is 16.9 Å². The molecule has 134 valence electrons. The Bertz CT molecular complexity index is 953. The van der Waals surface area contributed by atoms with Gasteiger partial charge in [-0.05, 0) is 29.3 Å². The molecule has 0 unspecified atom stereocenters. The van der Waals surface area contributed by atoms with Crippen molar-refractivity contribution in [3.8, 4) is 5.75 Å². The Labute approximate surface area is 147 Å². The van der Waals surface area contributed by atoms with Crippen LogP contribution in [0.25, 0.3) is 10.9 Å². The second-order valence-electron chi connectivity index (χ2n) is 6.20. The van der Waals surface area contributed by atoms with Gasteiger partial charge in [0.1, 0.15) is 11.8 Å². The third-order valence-electron chi connectivity index (χ3n) is 4.65. The lowest BCUT2D eigenvalue weighted by atomic mass is 9.90. The molecule has 0 radical (unpaired) electrons. The summed E-state index contributed by atoms with van der Waals surface area (Å²) >= 11 is 0. The van der Waals surface area contributed by atoms with E-state index in [9.17, 15) is 18.7 Å². The molecule has 5 nitrogen and oxygen atoms in total. The zero-order valence-electron chi connectivity index (χ0n) is 13.6. The van der Waals surface area contributed by atoms with Crippen LogP contribution in [0.15, 0.2) is 48.5 Å². The molecule has 2 heterocycles. The fraction of sp³-hybridized carbons (Fsp3) is 0.211. The quantitative estimate of drug-likeness (QED) is 0.668. The van der Waals surface area contributed by atoms with E-state index in [1.807, 2.05) is 24.3 Å². The number of H-pyrrole nitrogens is 1. The molecule has 0 bridgehead atoms. The van der Waals surface area contributed by atoms with Crippen LogP contribution in [0.1, 0.15) is 22.9 Å². The predicted octanol–water partition coefficient (Wildman–Crippen LogP) is 3.46. The number of aromatic amines is 1. The van der Waals surface area contributed by atoms with Crippen molar-refractivity contribution in [3.63, 3.8) is 0 Å². The van der Waals surface area contributed by atoms with E-state index < -0.39 is 18.6 Å². The molecule has 1 aromatic heterocycles. The number of rotatable bonds is 4. The number of para-hydroxylation sites is 1. The zero-order valence-corrected chi connectivity index (χ0v) is 13.6. The summed E-state index contributed by atoms with van der Waals surface area (Å²) in [6.45, 7) is -2.88. The average Bonchev–Trinajstić information content (AvgIpc) is 3.00. The molecule has 1 aliphatic rings. The Hall–Kier alpha value is -2.93. The summed E-state index contributed by atoms with van der Waals surface area (Å²) in [4.78, 5) is 15.0. The molecule has 0 fully saturated rings. The van der Waals surface area contributed by atoms with Gasteiger partial charge in [-0.15, -0.1) is 0 Å². The molecular weight excluding hydrogens is 342 g/mol. The number of hydrogen-bond donors (Lipinski definition) is 3. The smallest absolute Gasteiger partial charge is 0.387 e. The van der Waals surface area contributed by atoms with Crippen LogP contribution in [-0.2, 0) is 11.2 Å². The van der Waals surface area contributed by atoms with E-state index in [0.717, 1.165) is 27.7 Å². The van der Waals surface area contributed by atoms with Gasteiger partial charge in [-0.2, -0.15) is 8.78 Å². The number of carboxylic acids is 1. The monoisotopic (exact) mass is 358 g/mol. The Morgan fingerprint density at radius 2 is 1.88 bits per heavy atom. The van der Waals surface area contributed by atoms with Gasteiger partial charge in [0.15, 0.2) is 0 Å². The maximum absolute atomic E-state index is 12.3. The normalized spacial score (nSPS) is 19.5. The number of nitrogens with one attached hydrogen (secondary N) is 2. The van der Waals surface area contributed by atoms with Gasteiger partial charge in [-0.1, -0.05) is 30.3 Å². The van der Waals surface area contributed by atoms with E-state index >= 15 is 0 Å². The van der Waals surface area contributed by atoms with E-state index in [2.05, 4.69) is 15.0 Å². The highest BCUT2D eigenvalue weighted by atomic mass is 19.3. The van der Waals surface area contributed by atoms with Gasteiger partial charge in [-0.25, -0.2) is 0 Å². The average molecular weight is 358 g/mol. The number of ether oxygens (including phenoxy) is 1. The summed E-state index contributed by atoms with van der Waals surface area (Å²) in [5, 5.41) is 13.6.